The van der Waals surface area contributed by atoms with Gasteiger partial charge in [0.15, 0.2) is 0 Å². The molecule has 0 heterocycles. The van der Waals surface area contributed by atoms with Crippen LogP contribution in [0.2, 0.25) is 0 Å². The average Bonchev–Trinajstić information content (AvgIpc) is 2.59. The van der Waals surface area contributed by atoms with Crippen LogP contribution in [0.25, 0.3) is 0 Å². The zero-order valence-corrected chi connectivity index (χ0v) is 16.2. The summed E-state index contributed by atoms with van der Waals surface area (Å²) in [6.45, 7) is 6.22. The molecule has 0 fully saturated rings. The van der Waals surface area contributed by atoms with Crippen molar-refractivity contribution in [2.45, 2.75) is 45.1 Å². The van der Waals surface area contributed by atoms with Crippen LogP contribution in [0.4, 0.5) is 4.79 Å². The van der Waals surface area contributed by atoms with E-state index in [1.165, 1.54) is 0 Å². The Hall–Kier alpha value is -2.06. The fourth-order valence-corrected chi connectivity index (χ4v) is 2.47. The van der Waals surface area contributed by atoms with Crippen LogP contribution < -0.4 is 5.73 Å². The molecule has 8 heteroatoms. The van der Waals surface area contributed by atoms with Crippen LogP contribution in [-0.2, 0) is 30.4 Å². The molecule has 1 aromatic carbocycles. The number of rotatable bonds is 8. The van der Waals surface area contributed by atoms with E-state index < -0.39 is 34.8 Å². The lowest BCUT2D eigenvalue weighted by Gasteiger charge is -2.27. The van der Waals surface area contributed by atoms with E-state index in [1.807, 2.05) is 30.3 Å². The van der Waals surface area contributed by atoms with Gasteiger partial charge in [-0.2, -0.15) is 0 Å². The van der Waals surface area contributed by atoms with Crippen LogP contribution in [0.1, 0.15) is 33.3 Å². The third kappa shape index (κ3) is 7.45. The van der Waals surface area contributed by atoms with Gasteiger partial charge in [0.2, 0.25) is 6.79 Å². The molecular formula is C18H25NO6S. The average molecular weight is 383 g/mol. The van der Waals surface area contributed by atoms with Gasteiger partial charge in [-0.25, -0.2) is 4.79 Å². The standard InChI is InChI=1S/C18H25NO6S/c1-12(2)15(20)24-11-25-17(22)26-18(3,4)14(19)16(21)23-10-13-8-6-5-7-9-13/h5-9,12,14H,10-11,19H2,1-4H3/t14-/m0/s1. The van der Waals surface area contributed by atoms with Crippen LogP contribution in [0.3, 0.4) is 0 Å². The number of hydrogen-bond acceptors (Lipinski definition) is 8. The quantitative estimate of drug-likeness (QED) is 0.540. The molecule has 2 N–H and O–H groups in total. The highest BCUT2D eigenvalue weighted by Crippen LogP contribution is 2.29. The van der Waals surface area contributed by atoms with Crippen LogP contribution in [0.5, 0.6) is 0 Å². The number of nitrogens with two attached hydrogens (primary N) is 1. The molecule has 0 saturated heterocycles. The van der Waals surface area contributed by atoms with Crippen molar-refractivity contribution in [3.63, 3.8) is 0 Å². The van der Waals surface area contributed by atoms with Gasteiger partial charge in [-0.05, 0) is 31.2 Å². The van der Waals surface area contributed by atoms with Gasteiger partial charge in [0.25, 0.3) is 0 Å². The van der Waals surface area contributed by atoms with Crippen molar-refractivity contribution >= 4 is 29.0 Å². The predicted molar refractivity (Wildman–Crippen MR) is 98.2 cm³/mol. The fraction of sp³-hybridized carbons (Fsp3) is 0.500. The number of carbonyl (C=O) groups excluding carboxylic acids is 3. The molecule has 144 valence electrons. The number of thioether (sulfide) groups is 1. The fourth-order valence-electron chi connectivity index (χ4n) is 1.71. The van der Waals surface area contributed by atoms with Gasteiger partial charge in [-0.1, -0.05) is 44.2 Å². The number of esters is 2. The summed E-state index contributed by atoms with van der Waals surface area (Å²) in [6, 6.07) is 8.15. The maximum atomic E-state index is 12.1. The molecule has 0 radical (unpaired) electrons. The summed E-state index contributed by atoms with van der Waals surface area (Å²) in [6.07, 6.45) is 0. The van der Waals surface area contributed by atoms with E-state index >= 15 is 0 Å². The summed E-state index contributed by atoms with van der Waals surface area (Å²) in [5, 5.41) is -0.696. The maximum absolute atomic E-state index is 12.1. The van der Waals surface area contributed by atoms with Crippen LogP contribution in [-0.4, -0.2) is 34.8 Å². The highest BCUT2D eigenvalue weighted by molar-refractivity contribution is 8.14. The summed E-state index contributed by atoms with van der Waals surface area (Å²) in [5.41, 5.74) is 6.77. The molecule has 1 rings (SSSR count). The van der Waals surface area contributed by atoms with E-state index in [-0.39, 0.29) is 12.5 Å². The van der Waals surface area contributed by atoms with Crippen molar-refractivity contribution in [1.82, 2.24) is 0 Å². The second-order valence-corrected chi connectivity index (χ2v) is 8.00. The van der Waals surface area contributed by atoms with Gasteiger partial charge in [0.1, 0.15) is 12.6 Å². The van der Waals surface area contributed by atoms with Gasteiger partial charge in [0.05, 0.1) is 5.92 Å². The molecule has 0 aliphatic rings. The molecule has 0 bridgehead atoms. The predicted octanol–water partition coefficient (Wildman–Crippen LogP) is 2.86. The molecule has 1 aromatic rings. The normalized spacial score (nSPS) is 12.4. The smallest absolute Gasteiger partial charge is 0.370 e. The molecule has 0 aliphatic heterocycles. The SMILES string of the molecule is CC(C)C(=O)OCOC(=O)SC(C)(C)[C@@H](N)C(=O)OCc1ccccc1. The summed E-state index contributed by atoms with van der Waals surface area (Å²) in [5.74, 6) is -1.40. The molecule has 0 spiro atoms. The van der Waals surface area contributed by atoms with E-state index in [0.29, 0.717) is 0 Å². The molecule has 1 atom stereocenters. The van der Waals surface area contributed by atoms with Crippen molar-refractivity contribution in [3.05, 3.63) is 35.9 Å². The Kier molecular flexibility index (Phi) is 8.60. The van der Waals surface area contributed by atoms with Crippen molar-refractivity contribution in [2.24, 2.45) is 11.7 Å². The Morgan fingerprint density at radius 3 is 2.23 bits per heavy atom. The van der Waals surface area contributed by atoms with Gasteiger partial charge < -0.3 is 19.9 Å². The second kappa shape index (κ2) is 10.2. The Balaban J connectivity index is 2.45. The van der Waals surface area contributed by atoms with Gasteiger partial charge in [-0.3, -0.25) is 9.59 Å². The molecule has 7 nitrogen and oxygen atoms in total. The van der Waals surface area contributed by atoms with E-state index in [0.717, 1.165) is 17.3 Å². The zero-order valence-electron chi connectivity index (χ0n) is 15.4. The molecule has 0 saturated carbocycles. The third-order valence-corrected chi connectivity index (χ3v) is 4.49. The summed E-state index contributed by atoms with van der Waals surface area (Å²) >= 11 is 0.742. The number of carbonyl (C=O) groups is 3. The lowest BCUT2D eigenvalue weighted by Crippen LogP contribution is -2.48. The highest BCUT2D eigenvalue weighted by atomic mass is 32.2. The van der Waals surface area contributed by atoms with E-state index in [9.17, 15) is 14.4 Å². The van der Waals surface area contributed by atoms with Crippen LogP contribution in [0.15, 0.2) is 30.3 Å². The molecule has 0 amide bonds. The van der Waals surface area contributed by atoms with Gasteiger partial charge in [0, 0.05) is 4.75 Å². The Labute approximate surface area is 157 Å². The number of ether oxygens (including phenoxy) is 3. The molecule has 0 aromatic heterocycles. The minimum Gasteiger partial charge on any atom is -0.460 e. The largest absolute Gasteiger partial charge is 0.460 e. The Bertz CT molecular complexity index is 617. The molecule has 0 unspecified atom stereocenters. The van der Waals surface area contributed by atoms with Crippen molar-refractivity contribution in [3.8, 4) is 0 Å². The van der Waals surface area contributed by atoms with E-state index in [4.69, 9.17) is 19.9 Å². The summed E-state index contributed by atoms with van der Waals surface area (Å²) in [7, 11) is 0. The topological polar surface area (TPSA) is 105 Å². The number of benzene rings is 1. The van der Waals surface area contributed by atoms with Crippen molar-refractivity contribution in [1.29, 1.82) is 0 Å². The monoisotopic (exact) mass is 383 g/mol. The van der Waals surface area contributed by atoms with Gasteiger partial charge >= 0.3 is 17.2 Å². The van der Waals surface area contributed by atoms with Crippen molar-refractivity contribution in [2.75, 3.05) is 6.79 Å². The minimum absolute atomic E-state index is 0.101. The zero-order chi connectivity index (χ0) is 19.7. The van der Waals surface area contributed by atoms with Crippen LogP contribution >= 0.6 is 11.8 Å². The first-order chi connectivity index (χ1) is 12.1. The molecular weight excluding hydrogens is 358 g/mol. The third-order valence-electron chi connectivity index (χ3n) is 3.42. The van der Waals surface area contributed by atoms with Crippen molar-refractivity contribution < 1.29 is 28.6 Å². The Morgan fingerprint density at radius 2 is 1.65 bits per heavy atom. The minimum atomic E-state index is -1.04. The summed E-state index contributed by atoms with van der Waals surface area (Å²) < 4.78 is 13.8. The van der Waals surface area contributed by atoms with Crippen LogP contribution in [0, 0.1) is 5.92 Å². The maximum Gasteiger partial charge on any atom is 0.370 e. The van der Waals surface area contributed by atoms with Gasteiger partial charge in [-0.15, -0.1) is 0 Å². The molecule has 0 aliphatic carbocycles. The second-order valence-electron chi connectivity index (χ2n) is 6.41. The first-order valence-electron chi connectivity index (χ1n) is 8.12. The number of hydrogen-bond donors (Lipinski definition) is 1. The summed E-state index contributed by atoms with van der Waals surface area (Å²) in [4.78, 5) is 35.3. The van der Waals surface area contributed by atoms with E-state index in [1.54, 1.807) is 27.7 Å². The highest BCUT2D eigenvalue weighted by Gasteiger charge is 2.37. The van der Waals surface area contributed by atoms with E-state index in [2.05, 4.69) is 0 Å². The first-order valence-corrected chi connectivity index (χ1v) is 8.93. The first kappa shape index (κ1) is 22.0. The Morgan fingerprint density at radius 1 is 1.04 bits per heavy atom. The molecule has 26 heavy (non-hydrogen) atoms. The lowest BCUT2D eigenvalue weighted by atomic mass is 10.0. The lowest BCUT2D eigenvalue weighted by molar-refractivity contribution is -0.155.